The van der Waals surface area contributed by atoms with Gasteiger partial charge in [-0.05, 0) is 50.1 Å². The summed E-state index contributed by atoms with van der Waals surface area (Å²) >= 11 is 0. The minimum absolute atomic E-state index is 0.214. The second-order valence-corrected chi connectivity index (χ2v) is 4.87. The van der Waals surface area contributed by atoms with Crippen molar-refractivity contribution in [1.29, 1.82) is 0 Å². The van der Waals surface area contributed by atoms with E-state index in [1.807, 2.05) is 0 Å². The SMILES string of the molecule is CC(C)(C)OC(=O)C=Cc1cc(F)ccc1CO. The van der Waals surface area contributed by atoms with Crippen LogP contribution in [-0.2, 0) is 16.1 Å². The minimum atomic E-state index is -0.566. The lowest BCUT2D eigenvalue weighted by atomic mass is 10.1. The van der Waals surface area contributed by atoms with Crippen molar-refractivity contribution < 1.29 is 19.0 Å². The van der Waals surface area contributed by atoms with E-state index >= 15 is 0 Å². The molecule has 0 saturated carbocycles. The van der Waals surface area contributed by atoms with Gasteiger partial charge in [0.2, 0.25) is 0 Å². The van der Waals surface area contributed by atoms with Gasteiger partial charge in [-0.3, -0.25) is 0 Å². The Morgan fingerprint density at radius 2 is 2.11 bits per heavy atom. The lowest BCUT2D eigenvalue weighted by Gasteiger charge is -2.17. The standard InChI is InChI=1S/C14H17FO3/c1-14(2,3)18-13(17)7-5-10-8-12(15)6-4-11(10)9-16/h4-8,16H,9H2,1-3H3. The van der Waals surface area contributed by atoms with Crippen molar-refractivity contribution in [3.05, 3.63) is 41.2 Å². The molecule has 0 aromatic heterocycles. The number of ether oxygens (including phenoxy) is 1. The van der Waals surface area contributed by atoms with Crippen LogP contribution in [-0.4, -0.2) is 16.7 Å². The van der Waals surface area contributed by atoms with Crippen molar-refractivity contribution in [1.82, 2.24) is 0 Å². The summed E-state index contributed by atoms with van der Waals surface area (Å²) in [5.74, 6) is -0.924. The number of carbonyl (C=O) groups is 1. The van der Waals surface area contributed by atoms with Gasteiger partial charge in [-0.15, -0.1) is 0 Å². The quantitative estimate of drug-likeness (QED) is 0.664. The summed E-state index contributed by atoms with van der Waals surface area (Å²) in [6, 6.07) is 3.99. The molecule has 4 heteroatoms. The third kappa shape index (κ3) is 4.67. The van der Waals surface area contributed by atoms with Crippen molar-refractivity contribution in [2.45, 2.75) is 33.0 Å². The number of hydrogen-bond acceptors (Lipinski definition) is 3. The van der Waals surface area contributed by atoms with Crippen molar-refractivity contribution in [2.24, 2.45) is 0 Å². The molecule has 0 unspecified atom stereocenters. The molecule has 0 spiro atoms. The summed E-state index contributed by atoms with van der Waals surface area (Å²) in [7, 11) is 0. The average Bonchev–Trinajstić information content (AvgIpc) is 2.24. The zero-order chi connectivity index (χ0) is 13.8. The number of carbonyl (C=O) groups excluding carboxylic acids is 1. The fourth-order valence-electron chi connectivity index (χ4n) is 1.36. The van der Waals surface area contributed by atoms with Gasteiger partial charge < -0.3 is 9.84 Å². The molecule has 3 nitrogen and oxygen atoms in total. The number of benzene rings is 1. The third-order valence-electron chi connectivity index (χ3n) is 2.08. The summed E-state index contributed by atoms with van der Waals surface area (Å²) in [5, 5.41) is 9.09. The Bertz CT molecular complexity index is 459. The molecule has 0 aliphatic carbocycles. The fourth-order valence-corrected chi connectivity index (χ4v) is 1.36. The van der Waals surface area contributed by atoms with Crippen molar-refractivity contribution in [2.75, 3.05) is 0 Å². The average molecular weight is 252 g/mol. The molecule has 0 radical (unpaired) electrons. The zero-order valence-corrected chi connectivity index (χ0v) is 10.7. The molecule has 18 heavy (non-hydrogen) atoms. The summed E-state index contributed by atoms with van der Waals surface area (Å²) in [5.41, 5.74) is 0.447. The molecule has 1 aromatic carbocycles. The molecule has 0 fully saturated rings. The smallest absolute Gasteiger partial charge is 0.331 e. The molecule has 0 atom stereocenters. The van der Waals surface area contributed by atoms with E-state index in [-0.39, 0.29) is 6.61 Å². The summed E-state index contributed by atoms with van der Waals surface area (Å²) in [6.07, 6.45) is 2.65. The largest absolute Gasteiger partial charge is 0.457 e. The van der Waals surface area contributed by atoms with Crippen LogP contribution in [0.25, 0.3) is 6.08 Å². The molecule has 0 heterocycles. The van der Waals surface area contributed by atoms with Crippen LogP contribution < -0.4 is 0 Å². The van der Waals surface area contributed by atoms with E-state index in [0.29, 0.717) is 11.1 Å². The van der Waals surface area contributed by atoms with Gasteiger partial charge in [-0.1, -0.05) is 6.07 Å². The Kier molecular flexibility index (Phi) is 4.62. The number of halogens is 1. The lowest BCUT2D eigenvalue weighted by Crippen LogP contribution is -2.22. The highest BCUT2D eigenvalue weighted by Gasteiger charge is 2.14. The number of hydrogen-bond donors (Lipinski definition) is 1. The normalized spacial score (nSPS) is 11.8. The molecule has 0 aliphatic rings. The Hall–Kier alpha value is -1.68. The Balaban J connectivity index is 2.84. The number of aliphatic hydroxyl groups is 1. The third-order valence-corrected chi connectivity index (χ3v) is 2.08. The van der Waals surface area contributed by atoms with Crippen LogP contribution in [0.2, 0.25) is 0 Å². The Labute approximate surface area is 106 Å². The van der Waals surface area contributed by atoms with Crippen molar-refractivity contribution in [3.8, 4) is 0 Å². The van der Waals surface area contributed by atoms with Crippen LogP contribution in [0.1, 0.15) is 31.9 Å². The first-order valence-electron chi connectivity index (χ1n) is 5.62. The van der Waals surface area contributed by atoms with Gasteiger partial charge in [-0.2, -0.15) is 0 Å². The second-order valence-electron chi connectivity index (χ2n) is 4.87. The maximum atomic E-state index is 13.0. The van der Waals surface area contributed by atoms with Crippen molar-refractivity contribution in [3.63, 3.8) is 0 Å². The van der Waals surface area contributed by atoms with Crippen LogP contribution in [0.5, 0.6) is 0 Å². The summed E-state index contributed by atoms with van der Waals surface area (Å²) in [6.45, 7) is 5.08. The zero-order valence-electron chi connectivity index (χ0n) is 10.7. The molecule has 0 saturated heterocycles. The van der Waals surface area contributed by atoms with E-state index in [4.69, 9.17) is 9.84 Å². The first-order valence-corrected chi connectivity index (χ1v) is 5.62. The van der Waals surface area contributed by atoms with Crippen LogP contribution >= 0.6 is 0 Å². The predicted molar refractivity (Wildman–Crippen MR) is 67.2 cm³/mol. The van der Waals surface area contributed by atoms with Gasteiger partial charge in [0.1, 0.15) is 11.4 Å². The minimum Gasteiger partial charge on any atom is -0.457 e. The molecule has 0 amide bonds. The van der Waals surface area contributed by atoms with Crippen LogP contribution in [0.4, 0.5) is 4.39 Å². The first kappa shape index (κ1) is 14.4. The van der Waals surface area contributed by atoms with Crippen LogP contribution in [0.3, 0.4) is 0 Å². The van der Waals surface area contributed by atoms with Crippen LogP contribution in [0.15, 0.2) is 24.3 Å². The van der Waals surface area contributed by atoms with Gasteiger partial charge >= 0.3 is 5.97 Å². The number of aliphatic hydroxyl groups excluding tert-OH is 1. The second kappa shape index (κ2) is 5.78. The molecule has 1 rings (SSSR count). The molecule has 0 aliphatic heterocycles. The molecule has 1 aromatic rings. The monoisotopic (exact) mass is 252 g/mol. The highest BCUT2D eigenvalue weighted by Crippen LogP contribution is 2.14. The van der Waals surface area contributed by atoms with Gasteiger partial charge in [0.05, 0.1) is 6.61 Å². The number of esters is 1. The molecule has 0 bridgehead atoms. The maximum Gasteiger partial charge on any atom is 0.331 e. The van der Waals surface area contributed by atoms with E-state index in [9.17, 15) is 9.18 Å². The molecular formula is C14H17FO3. The van der Waals surface area contributed by atoms with E-state index in [2.05, 4.69) is 0 Å². The molecular weight excluding hydrogens is 235 g/mol. The van der Waals surface area contributed by atoms with Crippen molar-refractivity contribution >= 4 is 12.0 Å². The first-order chi connectivity index (χ1) is 8.31. The highest BCUT2D eigenvalue weighted by molar-refractivity contribution is 5.87. The van der Waals surface area contributed by atoms with E-state index in [1.54, 1.807) is 20.8 Å². The fraction of sp³-hybridized carbons (Fsp3) is 0.357. The van der Waals surface area contributed by atoms with E-state index < -0.39 is 17.4 Å². The lowest BCUT2D eigenvalue weighted by molar-refractivity contribution is -0.148. The maximum absolute atomic E-state index is 13.0. The Morgan fingerprint density at radius 1 is 1.44 bits per heavy atom. The molecule has 98 valence electrons. The van der Waals surface area contributed by atoms with Gasteiger partial charge in [-0.25, -0.2) is 9.18 Å². The van der Waals surface area contributed by atoms with Gasteiger partial charge in [0.15, 0.2) is 0 Å². The molecule has 1 N–H and O–H groups in total. The summed E-state index contributed by atoms with van der Waals surface area (Å²) in [4.78, 5) is 11.5. The van der Waals surface area contributed by atoms with Gasteiger partial charge in [0.25, 0.3) is 0 Å². The predicted octanol–water partition coefficient (Wildman–Crippen LogP) is 2.67. The van der Waals surface area contributed by atoms with Crippen LogP contribution in [0, 0.1) is 5.82 Å². The highest BCUT2D eigenvalue weighted by atomic mass is 19.1. The van der Waals surface area contributed by atoms with Gasteiger partial charge in [0, 0.05) is 6.08 Å². The topological polar surface area (TPSA) is 46.5 Å². The Morgan fingerprint density at radius 3 is 2.67 bits per heavy atom. The summed E-state index contributed by atoms with van der Waals surface area (Å²) < 4.78 is 18.1. The van der Waals surface area contributed by atoms with E-state index in [0.717, 1.165) is 0 Å². The number of rotatable bonds is 3. The van der Waals surface area contributed by atoms with E-state index in [1.165, 1.54) is 30.4 Å².